The van der Waals surface area contributed by atoms with Crippen molar-refractivity contribution in [1.82, 2.24) is 14.8 Å². The zero-order valence-electron chi connectivity index (χ0n) is 14.7. The molecular formula is C18H26Cl2N4OS. The van der Waals surface area contributed by atoms with Gasteiger partial charge >= 0.3 is 0 Å². The molecule has 0 atom stereocenters. The highest BCUT2D eigenvalue weighted by Crippen LogP contribution is 2.14. The molecule has 26 heavy (non-hydrogen) atoms. The van der Waals surface area contributed by atoms with E-state index in [0.717, 1.165) is 50.6 Å². The Balaban J connectivity index is 0.00000169. The van der Waals surface area contributed by atoms with Crippen molar-refractivity contribution in [3.8, 4) is 0 Å². The SMILES string of the molecule is Cl.Cl.NCCc1nc(C(=O)N2CCN(CCc3ccccc3)CC2)cs1. The predicted molar refractivity (Wildman–Crippen MR) is 112 cm³/mol. The molecule has 0 bridgehead atoms. The monoisotopic (exact) mass is 416 g/mol. The summed E-state index contributed by atoms with van der Waals surface area (Å²) >= 11 is 1.52. The number of hydrogen-bond donors (Lipinski definition) is 1. The fraction of sp³-hybridized carbons (Fsp3) is 0.444. The lowest BCUT2D eigenvalue weighted by atomic mass is 10.1. The average Bonchev–Trinajstić information content (AvgIpc) is 3.10. The number of carbonyl (C=O) groups is 1. The number of amides is 1. The largest absolute Gasteiger partial charge is 0.335 e. The first-order chi connectivity index (χ1) is 11.8. The Morgan fingerprint density at radius 3 is 2.42 bits per heavy atom. The van der Waals surface area contributed by atoms with Gasteiger partial charge in [-0.3, -0.25) is 9.69 Å². The zero-order chi connectivity index (χ0) is 16.8. The van der Waals surface area contributed by atoms with Crippen LogP contribution in [-0.2, 0) is 12.8 Å². The van der Waals surface area contributed by atoms with Crippen molar-refractivity contribution >= 4 is 42.1 Å². The molecule has 5 nitrogen and oxygen atoms in total. The second-order valence-corrected chi connectivity index (χ2v) is 6.98. The van der Waals surface area contributed by atoms with E-state index in [1.165, 1.54) is 16.9 Å². The molecule has 1 amide bonds. The molecular weight excluding hydrogens is 391 g/mol. The second kappa shape index (κ2) is 11.5. The van der Waals surface area contributed by atoms with Gasteiger partial charge in [-0.15, -0.1) is 36.2 Å². The number of nitrogens with two attached hydrogens (primary N) is 1. The Morgan fingerprint density at radius 2 is 1.77 bits per heavy atom. The standard InChI is InChI=1S/C18H24N4OS.2ClH/c19-8-6-17-20-16(14-24-17)18(23)22-12-10-21(11-13-22)9-7-15-4-2-1-3-5-15;;/h1-5,14H,6-13,19H2;2*1H. The summed E-state index contributed by atoms with van der Waals surface area (Å²) in [6.07, 6.45) is 1.80. The van der Waals surface area contributed by atoms with Crippen LogP contribution < -0.4 is 5.73 Å². The van der Waals surface area contributed by atoms with Crippen molar-refractivity contribution in [2.45, 2.75) is 12.8 Å². The van der Waals surface area contributed by atoms with Gasteiger partial charge in [0.05, 0.1) is 5.01 Å². The van der Waals surface area contributed by atoms with Gasteiger partial charge in [0.1, 0.15) is 5.69 Å². The van der Waals surface area contributed by atoms with E-state index in [9.17, 15) is 4.79 Å². The molecule has 0 unspecified atom stereocenters. The van der Waals surface area contributed by atoms with E-state index in [1.807, 2.05) is 16.3 Å². The maximum Gasteiger partial charge on any atom is 0.273 e. The van der Waals surface area contributed by atoms with E-state index < -0.39 is 0 Å². The maximum absolute atomic E-state index is 12.5. The summed E-state index contributed by atoms with van der Waals surface area (Å²) in [5, 5.41) is 2.80. The minimum absolute atomic E-state index is 0. The van der Waals surface area contributed by atoms with Crippen LogP contribution in [0.1, 0.15) is 21.1 Å². The van der Waals surface area contributed by atoms with Crippen LogP contribution in [0.25, 0.3) is 0 Å². The Labute approximate surface area is 171 Å². The van der Waals surface area contributed by atoms with Crippen LogP contribution >= 0.6 is 36.2 Å². The predicted octanol–water partition coefficient (Wildman–Crippen LogP) is 2.49. The van der Waals surface area contributed by atoms with Crippen molar-refractivity contribution in [2.75, 3.05) is 39.3 Å². The highest BCUT2D eigenvalue weighted by molar-refractivity contribution is 7.09. The number of halogens is 2. The molecule has 0 aliphatic carbocycles. The van der Waals surface area contributed by atoms with Gasteiger partial charge in [0.15, 0.2) is 0 Å². The molecule has 2 aromatic rings. The molecule has 0 spiro atoms. The van der Waals surface area contributed by atoms with E-state index in [0.29, 0.717) is 12.2 Å². The summed E-state index contributed by atoms with van der Waals surface area (Å²) < 4.78 is 0. The zero-order valence-corrected chi connectivity index (χ0v) is 17.1. The normalized spacial score (nSPS) is 14.4. The number of aromatic nitrogens is 1. The number of rotatable bonds is 6. The van der Waals surface area contributed by atoms with Gasteiger partial charge < -0.3 is 10.6 Å². The second-order valence-electron chi connectivity index (χ2n) is 6.03. The van der Waals surface area contributed by atoms with Crippen LogP contribution in [0.3, 0.4) is 0 Å². The molecule has 1 aromatic heterocycles. The number of carbonyl (C=O) groups excluding carboxylic acids is 1. The first kappa shape index (κ1) is 22.9. The minimum Gasteiger partial charge on any atom is -0.335 e. The first-order valence-corrected chi connectivity index (χ1v) is 9.34. The van der Waals surface area contributed by atoms with Crippen molar-refractivity contribution in [3.05, 3.63) is 52.0 Å². The molecule has 8 heteroatoms. The number of thiazole rings is 1. The van der Waals surface area contributed by atoms with Crippen molar-refractivity contribution in [1.29, 1.82) is 0 Å². The number of piperazine rings is 1. The van der Waals surface area contributed by atoms with Gasteiger partial charge in [-0.25, -0.2) is 4.98 Å². The fourth-order valence-corrected chi connectivity index (χ4v) is 3.70. The molecule has 2 N–H and O–H groups in total. The number of hydrogen-bond acceptors (Lipinski definition) is 5. The lowest BCUT2D eigenvalue weighted by Gasteiger charge is -2.34. The van der Waals surface area contributed by atoms with Crippen LogP contribution in [0.15, 0.2) is 35.7 Å². The molecule has 1 aromatic carbocycles. The molecule has 1 aliphatic heterocycles. The van der Waals surface area contributed by atoms with Gasteiger partial charge in [-0.05, 0) is 18.5 Å². The van der Waals surface area contributed by atoms with Crippen LogP contribution in [0.4, 0.5) is 0 Å². The fourth-order valence-electron chi connectivity index (χ4n) is 2.92. The summed E-state index contributed by atoms with van der Waals surface area (Å²) in [5.74, 6) is 0.0530. The minimum atomic E-state index is 0. The molecule has 1 fully saturated rings. The molecule has 0 radical (unpaired) electrons. The Bertz CT molecular complexity index is 660. The molecule has 1 aliphatic rings. The quantitative estimate of drug-likeness (QED) is 0.785. The smallest absolute Gasteiger partial charge is 0.273 e. The van der Waals surface area contributed by atoms with Gasteiger partial charge in [0.25, 0.3) is 5.91 Å². The van der Waals surface area contributed by atoms with Crippen molar-refractivity contribution in [3.63, 3.8) is 0 Å². The van der Waals surface area contributed by atoms with Gasteiger partial charge in [0, 0.05) is 44.5 Å². The summed E-state index contributed by atoms with van der Waals surface area (Å²) in [7, 11) is 0. The van der Waals surface area contributed by atoms with E-state index in [-0.39, 0.29) is 30.7 Å². The molecule has 1 saturated heterocycles. The van der Waals surface area contributed by atoms with Crippen molar-refractivity contribution < 1.29 is 4.79 Å². The van der Waals surface area contributed by atoms with Crippen molar-refractivity contribution in [2.24, 2.45) is 5.73 Å². The van der Waals surface area contributed by atoms with Crippen LogP contribution in [0.2, 0.25) is 0 Å². The summed E-state index contributed by atoms with van der Waals surface area (Å²) in [5.41, 5.74) is 7.48. The summed E-state index contributed by atoms with van der Waals surface area (Å²) in [6.45, 7) is 5.02. The van der Waals surface area contributed by atoms with Gasteiger partial charge in [-0.1, -0.05) is 30.3 Å². The average molecular weight is 417 g/mol. The molecule has 144 valence electrons. The highest BCUT2D eigenvalue weighted by Gasteiger charge is 2.23. The number of benzene rings is 1. The van der Waals surface area contributed by atoms with Crippen LogP contribution in [-0.4, -0.2) is 60.0 Å². The first-order valence-electron chi connectivity index (χ1n) is 8.46. The van der Waals surface area contributed by atoms with E-state index in [1.54, 1.807) is 0 Å². The molecule has 0 saturated carbocycles. The lowest BCUT2D eigenvalue weighted by Crippen LogP contribution is -2.49. The Kier molecular flexibility index (Phi) is 10.1. The maximum atomic E-state index is 12.5. The highest BCUT2D eigenvalue weighted by atomic mass is 35.5. The van der Waals surface area contributed by atoms with Crippen LogP contribution in [0, 0.1) is 0 Å². The summed E-state index contributed by atoms with van der Waals surface area (Å²) in [4.78, 5) is 21.3. The van der Waals surface area contributed by atoms with Gasteiger partial charge in [-0.2, -0.15) is 0 Å². The van der Waals surface area contributed by atoms with E-state index in [2.05, 4.69) is 34.1 Å². The topological polar surface area (TPSA) is 62.5 Å². The van der Waals surface area contributed by atoms with E-state index >= 15 is 0 Å². The van der Waals surface area contributed by atoms with E-state index in [4.69, 9.17) is 5.73 Å². The third-order valence-corrected chi connectivity index (χ3v) is 5.26. The Morgan fingerprint density at radius 1 is 1.08 bits per heavy atom. The third-order valence-electron chi connectivity index (χ3n) is 4.35. The third kappa shape index (κ3) is 6.21. The number of nitrogens with zero attached hydrogens (tertiary/aromatic N) is 3. The van der Waals surface area contributed by atoms with Crippen LogP contribution in [0.5, 0.6) is 0 Å². The molecule has 2 heterocycles. The summed E-state index contributed by atoms with van der Waals surface area (Å²) in [6, 6.07) is 10.5. The lowest BCUT2D eigenvalue weighted by molar-refractivity contribution is 0.0633. The Hall–Kier alpha value is -1.18. The molecule has 3 rings (SSSR count). The van der Waals surface area contributed by atoms with Gasteiger partial charge in [0.2, 0.25) is 0 Å².